The first-order valence-electron chi connectivity index (χ1n) is 6.49. The highest BCUT2D eigenvalue weighted by atomic mass is 79.9. The second-order valence-electron chi connectivity index (χ2n) is 5.30. The average molecular weight is 355 g/mol. The van der Waals surface area contributed by atoms with E-state index in [1.54, 1.807) is 14.0 Å². The summed E-state index contributed by atoms with van der Waals surface area (Å²) in [5.41, 5.74) is -0.338. The van der Waals surface area contributed by atoms with Crippen LogP contribution in [-0.2, 0) is 9.53 Å². The number of hydrogen-bond donors (Lipinski definition) is 1. The lowest BCUT2D eigenvalue weighted by Gasteiger charge is -2.53. The van der Waals surface area contributed by atoms with Gasteiger partial charge in [0.25, 0.3) is 0 Å². The number of urea groups is 1. The highest BCUT2D eigenvalue weighted by molar-refractivity contribution is 9.10. The second kappa shape index (κ2) is 4.62. The van der Waals surface area contributed by atoms with E-state index in [2.05, 4.69) is 21.2 Å². The van der Waals surface area contributed by atoms with Gasteiger partial charge in [0.1, 0.15) is 11.7 Å². The molecule has 1 aromatic rings. The van der Waals surface area contributed by atoms with Gasteiger partial charge in [-0.3, -0.25) is 9.69 Å². The van der Waals surface area contributed by atoms with Crippen LogP contribution in [0.25, 0.3) is 0 Å². The predicted octanol–water partition coefficient (Wildman–Crippen LogP) is 2.04. The van der Waals surface area contributed by atoms with Gasteiger partial charge < -0.3 is 14.8 Å². The third-order valence-corrected chi connectivity index (χ3v) is 4.88. The maximum Gasteiger partial charge on any atom is 0.320 e. The number of ether oxygens (including phenoxy) is 2. The Kier molecular flexibility index (Phi) is 3.12. The second-order valence-corrected chi connectivity index (χ2v) is 6.16. The number of halogens is 1. The third kappa shape index (κ3) is 1.83. The van der Waals surface area contributed by atoms with Gasteiger partial charge in [0.15, 0.2) is 5.72 Å². The number of rotatable bonds is 1. The quantitative estimate of drug-likeness (QED) is 0.783. The maximum absolute atomic E-state index is 12.2. The topological polar surface area (TPSA) is 67.9 Å². The summed E-state index contributed by atoms with van der Waals surface area (Å²) in [7, 11) is 2.93. The van der Waals surface area contributed by atoms with E-state index >= 15 is 0 Å². The number of carbonyl (C=O) groups excluding carboxylic acids is 2. The van der Waals surface area contributed by atoms with Crippen LogP contribution < -0.4 is 10.1 Å². The standard InChI is InChI=1S/C14H15BrN2O4/c1-14-9(12(18)20-3)10(16-13(19)17(14)2)7-5-4-6-8(15)11(7)21-14/h4-6,9-10H,1-3H3,(H,16,19). The van der Waals surface area contributed by atoms with Crippen molar-refractivity contribution in [3.05, 3.63) is 28.2 Å². The van der Waals surface area contributed by atoms with Crippen LogP contribution in [0.1, 0.15) is 18.5 Å². The van der Waals surface area contributed by atoms with Crippen molar-refractivity contribution in [2.24, 2.45) is 5.92 Å². The van der Waals surface area contributed by atoms with Crippen LogP contribution in [-0.4, -0.2) is 36.8 Å². The Morgan fingerprint density at radius 2 is 2.24 bits per heavy atom. The maximum atomic E-state index is 12.2. The molecular formula is C14H15BrN2O4. The van der Waals surface area contributed by atoms with Gasteiger partial charge in [-0.2, -0.15) is 0 Å². The van der Waals surface area contributed by atoms with E-state index in [9.17, 15) is 9.59 Å². The molecule has 3 atom stereocenters. The number of fused-ring (bicyclic) bond motifs is 4. The minimum atomic E-state index is -1.10. The van der Waals surface area contributed by atoms with Crippen LogP contribution in [0.2, 0.25) is 0 Å². The van der Waals surface area contributed by atoms with Crippen LogP contribution in [0.5, 0.6) is 5.75 Å². The zero-order valence-corrected chi connectivity index (χ0v) is 13.4. The summed E-state index contributed by atoms with van der Waals surface area (Å²) < 4.78 is 11.7. The molecule has 0 spiro atoms. The lowest BCUT2D eigenvalue weighted by molar-refractivity contribution is -0.173. The molecular weight excluding hydrogens is 340 g/mol. The number of amides is 2. The first-order chi connectivity index (χ1) is 9.90. The van der Waals surface area contributed by atoms with Crippen LogP contribution >= 0.6 is 15.9 Å². The van der Waals surface area contributed by atoms with E-state index in [0.29, 0.717) is 5.75 Å². The molecule has 112 valence electrons. The van der Waals surface area contributed by atoms with E-state index in [4.69, 9.17) is 9.47 Å². The number of para-hydroxylation sites is 1. The molecule has 21 heavy (non-hydrogen) atoms. The van der Waals surface area contributed by atoms with Gasteiger partial charge >= 0.3 is 12.0 Å². The fourth-order valence-electron chi connectivity index (χ4n) is 2.99. The van der Waals surface area contributed by atoms with Crippen molar-refractivity contribution >= 4 is 27.9 Å². The fourth-order valence-corrected chi connectivity index (χ4v) is 3.45. The van der Waals surface area contributed by atoms with Gasteiger partial charge in [-0.05, 0) is 28.9 Å². The summed E-state index contributed by atoms with van der Waals surface area (Å²) in [5, 5.41) is 2.86. The van der Waals surface area contributed by atoms with Crippen LogP contribution in [0, 0.1) is 5.92 Å². The largest absolute Gasteiger partial charge is 0.469 e. The van der Waals surface area contributed by atoms with E-state index in [-0.39, 0.29) is 6.03 Å². The number of nitrogens with one attached hydrogen (secondary N) is 1. The minimum Gasteiger partial charge on any atom is -0.469 e. The van der Waals surface area contributed by atoms with Crippen LogP contribution in [0.3, 0.4) is 0 Å². The van der Waals surface area contributed by atoms with E-state index in [1.807, 2.05) is 18.2 Å². The molecule has 2 amide bonds. The number of benzene rings is 1. The fraction of sp³-hybridized carbons (Fsp3) is 0.429. The molecule has 6 nitrogen and oxygen atoms in total. The summed E-state index contributed by atoms with van der Waals surface area (Å²) >= 11 is 3.45. The van der Waals surface area contributed by atoms with Crippen molar-refractivity contribution in [2.75, 3.05) is 14.2 Å². The average Bonchev–Trinajstić information content (AvgIpc) is 2.46. The van der Waals surface area contributed by atoms with Crippen molar-refractivity contribution in [1.29, 1.82) is 0 Å². The number of hydrogen-bond acceptors (Lipinski definition) is 4. The Hall–Kier alpha value is -1.76. The Morgan fingerprint density at radius 3 is 2.90 bits per heavy atom. The first kappa shape index (κ1) is 14.2. The Morgan fingerprint density at radius 1 is 1.52 bits per heavy atom. The Labute approximate surface area is 130 Å². The SMILES string of the molecule is COC(=O)C1C2NC(=O)N(C)C1(C)Oc1c(Br)cccc12. The molecule has 1 saturated heterocycles. The smallest absolute Gasteiger partial charge is 0.320 e. The van der Waals surface area contributed by atoms with Crippen molar-refractivity contribution < 1.29 is 19.1 Å². The molecule has 2 bridgehead atoms. The Balaban J connectivity index is 2.22. The molecule has 1 N–H and O–H groups in total. The number of carbonyl (C=O) groups is 2. The van der Waals surface area contributed by atoms with Crippen LogP contribution in [0.4, 0.5) is 4.79 Å². The van der Waals surface area contributed by atoms with Gasteiger partial charge in [-0.15, -0.1) is 0 Å². The molecule has 0 radical (unpaired) electrons. The molecule has 0 aliphatic carbocycles. The predicted molar refractivity (Wildman–Crippen MR) is 77.7 cm³/mol. The molecule has 0 saturated carbocycles. The molecule has 2 heterocycles. The molecule has 3 rings (SSSR count). The summed E-state index contributed by atoms with van der Waals surface area (Å²) in [6.45, 7) is 1.72. The van der Waals surface area contributed by atoms with Crippen molar-refractivity contribution in [3.63, 3.8) is 0 Å². The summed E-state index contributed by atoms with van der Waals surface area (Å²) in [6, 6.07) is 4.78. The van der Waals surface area contributed by atoms with Crippen molar-refractivity contribution in [2.45, 2.75) is 18.7 Å². The minimum absolute atomic E-state index is 0.284. The van der Waals surface area contributed by atoms with Crippen molar-refractivity contribution in [1.82, 2.24) is 10.2 Å². The molecule has 0 aromatic heterocycles. The summed E-state index contributed by atoms with van der Waals surface area (Å²) in [6.07, 6.45) is 0. The molecule has 7 heteroatoms. The first-order valence-corrected chi connectivity index (χ1v) is 7.29. The van der Waals surface area contributed by atoms with Gasteiger partial charge in [-0.1, -0.05) is 12.1 Å². The zero-order chi connectivity index (χ0) is 15.4. The van der Waals surface area contributed by atoms with Gasteiger partial charge in [0, 0.05) is 12.6 Å². The van der Waals surface area contributed by atoms with Gasteiger partial charge in [0.2, 0.25) is 0 Å². The third-order valence-electron chi connectivity index (χ3n) is 4.26. The molecule has 2 aliphatic heterocycles. The van der Waals surface area contributed by atoms with Gasteiger partial charge in [0.05, 0.1) is 17.6 Å². The monoisotopic (exact) mass is 354 g/mol. The Bertz CT molecular complexity index is 635. The summed E-state index contributed by atoms with van der Waals surface area (Å²) in [4.78, 5) is 25.8. The summed E-state index contributed by atoms with van der Waals surface area (Å²) in [5.74, 6) is -0.427. The lowest BCUT2D eigenvalue weighted by Crippen LogP contribution is -2.70. The van der Waals surface area contributed by atoms with Crippen LogP contribution in [0.15, 0.2) is 22.7 Å². The van der Waals surface area contributed by atoms with E-state index < -0.39 is 23.7 Å². The van der Waals surface area contributed by atoms with E-state index in [0.717, 1.165) is 10.0 Å². The van der Waals surface area contributed by atoms with Gasteiger partial charge in [-0.25, -0.2) is 4.79 Å². The highest BCUT2D eigenvalue weighted by Gasteiger charge is 2.59. The lowest BCUT2D eigenvalue weighted by atomic mass is 9.79. The number of esters is 1. The number of methoxy groups -OCH3 is 1. The van der Waals surface area contributed by atoms with E-state index in [1.165, 1.54) is 12.0 Å². The molecule has 2 aliphatic rings. The molecule has 3 unspecified atom stereocenters. The molecule has 1 aromatic carbocycles. The highest BCUT2D eigenvalue weighted by Crippen LogP contribution is 2.50. The van der Waals surface area contributed by atoms with Crippen molar-refractivity contribution in [3.8, 4) is 5.75 Å². The molecule has 1 fully saturated rings. The number of nitrogens with zero attached hydrogens (tertiary/aromatic N) is 1. The zero-order valence-electron chi connectivity index (χ0n) is 11.8. The normalized spacial score (nSPS) is 30.1.